The second-order valence-electron chi connectivity index (χ2n) is 6.43. The van der Waals surface area contributed by atoms with Gasteiger partial charge in [0.25, 0.3) is 0 Å². The normalized spacial score (nSPS) is 11.4. The summed E-state index contributed by atoms with van der Waals surface area (Å²) < 4.78 is 0. The number of para-hydroxylation sites is 1. The molecule has 0 bridgehead atoms. The predicted octanol–water partition coefficient (Wildman–Crippen LogP) is 5.11. The molecular formula is C23H23N3O. The van der Waals surface area contributed by atoms with Crippen molar-refractivity contribution in [3.05, 3.63) is 70.9 Å². The number of anilines is 1. The highest BCUT2D eigenvalue weighted by molar-refractivity contribution is 6.20. The number of ketones is 1. The summed E-state index contributed by atoms with van der Waals surface area (Å²) in [6.07, 6.45) is 1.66. The van der Waals surface area contributed by atoms with Crippen LogP contribution in [-0.2, 0) is 0 Å². The van der Waals surface area contributed by atoms with E-state index >= 15 is 0 Å². The lowest BCUT2D eigenvalue weighted by atomic mass is 9.99. The number of hydrogen-bond donors (Lipinski definition) is 1. The van der Waals surface area contributed by atoms with E-state index in [0.29, 0.717) is 5.56 Å². The first-order valence-corrected chi connectivity index (χ1v) is 9.17. The first kappa shape index (κ1) is 18.5. The summed E-state index contributed by atoms with van der Waals surface area (Å²) in [7, 11) is 0. The third kappa shape index (κ3) is 3.63. The number of H-pyrrole nitrogens is 1. The Labute approximate surface area is 159 Å². The van der Waals surface area contributed by atoms with Gasteiger partial charge < -0.3 is 9.88 Å². The van der Waals surface area contributed by atoms with Crippen molar-refractivity contribution in [1.29, 1.82) is 5.26 Å². The van der Waals surface area contributed by atoms with Crippen LogP contribution in [0.5, 0.6) is 0 Å². The van der Waals surface area contributed by atoms with Crippen LogP contribution >= 0.6 is 0 Å². The van der Waals surface area contributed by atoms with Gasteiger partial charge in [-0.25, -0.2) is 0 Å². The highest BCUT2D eigenvalue weighted by atomic mass is 16.1. The summed E-state index contributed by atoms with van der Waals surface area (Å²) in [6, 6.07) is 17.7. The molecule has 1 N–H and O–H groups in total. The second-order valence-corrected chi connectivity index (χ2v) is 6.43. The van der Waals surface area contributed by atoms with Gasteiger partial charge in [-0.05, 0) is 50.6 Å². The third-order valence-electron chi connectivity index (χ3n) is 4.82. The molecule has 0 fully saturated rings. The van der Waals surface area contributed by atoms with Gasteiger partial charge in [0.15, 0.2) is 0 Å². The first-order valence-electron chi connectivity index (χ1n) is 9.17. The molecule has 4 nitrogen and oxygen atoms in total. The van der Waals surface area contributed by atoms with Crippen LogP contribution in [-0.4, -0.2) is 23.9 Å². The van der Waals surface area contributed by atoms with Crippen molar-refractivity contribution >= 4 is 28.4 Å². The fraction of sp³-hybridized carbons (Fsp3) is 0.217. The van der Waals surface area contributed by atoms with Gasteiger partial charge in [-0.15, -0.1) is 0 Å². The number of aryl methyl sites for hydroxylation is 1. The van der Waals surface area contributed by atoms with Crippen molar-refractivity contribution in [2.75, 3.05) is 18.0 Å². The molecule has 0 atom stereocenters. The highest BCUT2D eigenvalue weighted by Gasteiger charge is 2.19. The number of hydrogen-bond acceptors (Lipinski definition) is 3. The summed E-state index contributed by atoms with van der Waals surface area (Å²) in [5.74, 6) is -0.250. The van der Waals surface area contributed by atoms with Crippen LogP contribution in [0.15, 0.2) is 54.1 Å². The lowest BCUT2D eigenvalue weighted by molar-refractivity contribution is 0.104. The number of aromatic nitrogens is 1. The minimum atomic E-state index is -0.250. The molecule has 0 aliphatic heterocycles. The van der Waals surface area contributed by atoms with E-state index in [1.165, 1.54) is 0 Å². The number of carbonyl (C=O) groups is 1. The molecule has 27 heavy (non-hydrogen) atoms. The lowest BCUT2D eigenvalue weighted by Crippen LogP contribution is -2.21. The Hall–Kier alpha value is -3.32. The van der Waals surface area contributed by atoms with E-state index in [9.17, 15) is 10.1 Å². The van der Waals surface area contributed by atoms with Crippen LogP contribution in [0.3, 0.4) is 0 Å². The van der Waals surface area contributed by atoms with Crippen molar-refractivity contribution in [1.82, 2.24) is 4.98 Å². The molecule has 3 rings (SSSR count). The Morgan fingerprint density at radius 1 is 1.11 bits per heavy atom. The van der Waals surface area contributed by atoms with Crippen LogP contribution in [0, 0.1) is 18.3 Å². The van der Waals surface area contributed by atoms with Crippen LogP contribution in [0.25, 0.3) is 17.0 Å². The largest absolute Gasteiger partial charge is 0.372 e. The topological polar surface area (TPSA) is 59.9 Å². The molecule has 0 spiro atoms. The first-order chi connectivity index (χ1) is 13.1. The molecule has 0 saturated carbocycles. The zero-order valence-corrected chi connectivity index (χ0v) is 15.9. The van der Waals surface area contributed by atoms with Gasteiger partial charge in [0.2, 0.25) is 5.78 Å². The van der Waals surface area contributed by atoms with Gasteiger partial charge in [-0.1, -0.05) is 30.3 Å². The van der Waals surface area contributed by atoms with Crippen LogP contribution < -0.4 is 4.90 Å². The van der Waals surface area contributed by atoms with Crippen molar-refractivity contribution in [2.24, 2.45) is 0 Å². The van der Waals surface area contributed by atoms with Crippen molar-refractivity contribution in [3.63, 3.8) is 0 Å². The van der Waals surface area contributed by atoms with Gasteiger partial charge in [0.05, 0.1) is 5.56 Å². The Morgan fingerprint density at radius 3 is 2.41 bits per heavy atom. The number of nitrogens with one attached hydrogen (secondary N) is 1. The summed E-state index contributed by atoms with van der Waals surface area (Å²) in [5.41, 5.74) is 4.36. The fourth-order valence-electron chi connectivity index (χ4n) is 3.39. The zero-order valence-electron chi connectivity index (χ0n) is 15.9. The molecular weight excluding hydrogens is 334 g/mol. The minimum Gasteiger partial charge on any atom is -0.372 e. The molecule has 3 aromatic rings. The number of benzene rings is 2. The molecule has 2 aromatic carbocycles. The van der Waals surface area contributed by atoms with Crippen LogP contribution in [0.1, 0.15) is 35.5 Å². The maximum atomic E-state index is 13.0. The van der Waals surface area contributed by atoms with E-state index in [-0.39, 0.29) is 11.4 Å². The van der Waals surface area contributed by atoms with Gasteiger partial charge in [0.1, 0.15) is 11.6 Å². The molecule has 0 saturated heterocycles. The van der Waals surface area contributed by atoms with Crippen molar-refractivity contribution < 1.29 is 4.79 Å². The Bertz CT molecular complexity index is 1030. The molecule has 0 aliphatic carbocycles. The highest BCUT2D eigenvalue weighted by Crippen LogP contribution is 2.25. The Kier molecular flexibility index (Phi) is 5.42. The molecule has 136 valence electrons. The monoisotopic (exact) mass is 357 g/mol. The van der Waals surface area contributed by atoms with Gasteiger partial charge >= 0.3 is 0 Å². The van der Waals surface area contributed by atoms with Gasteiger partial charge in [-0.2, -0.15) is 5.26 Å². The average molecular weight is 357 g/mol. The van der Waals surface area contributed by atoms with E-state index in [2.05, 4.69) is 29.8 Å². The average Bonchev–Trinajstić information content (AvgIpc) is 3.03. The van der Waals surface area contributed by atoms with E-state index < -0.39 is 0 Å². The third-order valence-corrected chi connectivity index (χ3v) is 4.82. The quantitative estimate of drug-likeness (QED) is 0.379. The molecule has 0 amide bonds. The number of nitriles is 1. The SMILES string of the molecule is CCN(CC)c1ccc(C=C(C#N)C(=O)c2c(C)[nH]c3ccccc23)cc1. The number of fused-ring (bicyclic) bond motifs is 1. The van der Waals surface area contributed by atoms with Gasteiger partial charge in [0, 0.05) is 35.4 Å². The van der Waals surface area contributed by atoms with Crippen molar-refractivity contribution in [2.45, 2.75) is 20.8 Å². The second kappa shape index (κ2) is 7.92. The van der Waals surface area contributed by atoms with E-state index in [4.69, 9.17) is 0 Å². The maximum absolute atomic E-state index is 13.0. The summed E-state index contributed by atoms with van der Waals surface area (Å²) in [5, 5.41) is 10.4. The van der Waals surface area contributed by atoms with Crippen LogP contribution in [0.4, 0.5) is 5.69 Å². The number of allylic oxidation sites excluding steroid dienone is 1. The predicted molar refractivity (Wildman–Crippen MR) is 111 cm³/mol. The molecule has 4 heteroatoms. The molecule has 1 aromatic heterocycles. The Balaban J connectivity index is 1.95. The fourth-order valence-corrected chi connectivity index (χ4v) is 3.39. The molecule has 1 heterocycles. The maximum Gasteiger partial charge on any atom is 0.205 e. The van der Waals surface area contributed by atoms with E-state index in [0.717, 1.165) is 40.9 Å². The summed E-state index contributed by atoms with van der Waals surface area (Å²) in [6.45, 7) is 7.97. The minimum absolute atomic E-state index is 0.137. The van der Waals surface area contributed by atoms with Crippen molar-refractivity contribution in [3.8, 4) is 6.07 Å². The van der Waals surface area contributed by atoms with E-state index in [1.54, 1.807) is 6.08 Å². The number of Topliss-reactive ketones (excluding diaryl/α,β-unsaturated/α-hetero) is 1. The van der Waals surface area contributed by atoms with Gasteiger partial charge in [-0.3, -0.25) is 4.79 Å². The smallest absolute Gasteiger partial charge is 0.205 e. The van der Waals surface area contributed by atoms with Crippen LogP contribution in [0.2, 0.25) is 0 Å². The number of nitrogens with zero attached hydrogens (tertiary/aromatic N) is 2. The molecule has 0 aliphatic rings. The number of aromatic amines is 1. The summed E-state index contributed by atoms with van der Waals surface area (Å²) >= 11 is 0. The lowest BCUT2D eigenvalue weighted by Gasteiger charge is -2.20. The van der Waals surface area contributed by atoms with E-state index in [1.807, 2.05) is 55.5 Å². The number of carbonyl (C=O) groups excluding carboxylic acids is 1. The molecule has 0 unspecified atom stereocenters. The Morgan fingerprint density at radius 2 is 1.78 bits per heavy atom. The summed E-state index contributed by atoms with van der Waals surface area (Å²) in [4.78, 5) is 18.5. The standard InChI is InChI=1S/C23H23N3O/c1-4-26(5-2)19-12-10-17(11-13-19)14-18(15-24)23(27)22-16(3)25-21-9-7-6-8-20(21)22/h6-14,25H,4-5H2,1-3H3. The number of rotatable bonds is 6. The molecule has 0 radical (unpaired) electrons. The zero-order chi connectivity index (χ0) is 19.4.